The lowest BCUT2D eigenvalue weighted by molar-refractivity contribution is 0.0579. The summed E-state index contributed by atoms with van der Waals surface area (Å²) in [6.45, 7) is 11.6. The fourth-order valence-corrected chi connectivity index (χ4v) is 6.10. The SMILES string of the molecule is CCC(C)N1CCN(C(=O)c2ccc3c(c2)CN(c2ncnc4c(C)cc(-c5ccc(OC)nc5)cc24)CC3)CC1. The summed E-state index contributed by atoms with van der Waals surface area (Å²) in [5.41, 5.74) is 7.41. The fourth-order valence-electron chi connectivity index (χ4n) is 6.10. The van der Waals surface area contributed by atoms with Crippen LogP contribution in [-0.2, 0) is 13.0 Å². The first-order valence-electron chi connectivity index (χ1n) is 14.6. The number of benzene rings is 2. The minimum absolute atomic E-state index is 0.134. The van der Waals surface area contributed by atoms with Crippen molar-refractivity contribution in [2.24, 2.45) is 0 Å². The number of fused-ring (bicyclic) bond motifs is 2. The third kappa shape index (κ3) is 5.36. The maximum atomic E-state index is 13.5. The minimum Gasteiger partial charge on any atom is -0.481 e. The molecule has 212 valence electrons. The highest BCUT2D eigenvalue weighted by Crippen LogP contribution is 2.34. The number of carbonyl (C=O) groups excluding carboxylic acids is 1. The molecule has 8 nitrogen and oxygen atoms in total. The molecule has 1 amide bonds. The van der Waals surface area contributed by atoms with Gasteiger partial charge in [0.2, 0.25) is 5.88 Å². The van der Waals surface area contributed by atoms with E-state index >= 15 is 0 Å². The van der Waals surface area contributed by atoms with Crippen molar-refractivity contribution in [3.8, 4) is 17.0 Å². The molecule has 2 aliphatic heterocycles. The van der Waals surface area contributed by atoms with Gasteiger partial charge in [-0.2, -0.15) is 0 Å². The van der Waals surface area contributed by atoms with E-state index in [1.165, 1.54) is 11.1 Å². The highest BCUT2D eigenvalue weighted by molar-refractivity contribution is 5.96. The number of rotatable bonds is 6. The number of carbonyl (C=O) groups is 1. The molecule has 1 atom stereocenters. The molecule has 2 aromatic heterocycles. The Hall–Kier alpha value is -4.04. The number of aromatic nitrogens is 3. The summed E-state index contributed by atoms with van der Waals surface area (Å²) in [4.78, 5) is 34.1. The number of hydrogen-bond acceptors (Lipinski definition) is 7. The molecular weight excluding hydrogens is 512 g/mol. The Morgan fingerprint density at radius 1 is 0.951 bits per heavy atom. The van der Waals surface area contributed by atoms with Gasteiger partial charge in [-0.3, -0.25) is 9.69 Å². The molecule has 4 aromatic rings. The number of hydrogen-bond donors (Lipinski definition) is 0. The van der Waals surface area contributed by atoms with Crippen molar-refractivity contribution in [2.75, 3.05) is 44.7 Å². The molecule has 0 N–H and O–H groups in total. The van der Waals surface area contributed by atoms with Crippen LogP contribution in [0.15, 0.2) is 55.0 Å². The monoisotopic (exact) mass is 550 g/mol. The van der Waals surface area contributed by atoms with E-state index in [4.69, 9.17) is 9.72 Å². The predicted molar refractivity (Wildman–Crippen MR) is 162 cm³/mol. The highest BCUT2D eigenvalue weighted by Gasteiger charge is 2.26. The average Bonchev–Trinajstić information content (AvgIpc) is 3.03. The molecule has 1 fully saturated rings. The Bertz CT molecular complexity index is 1560. The van der Waals surface area contributed by atoms with Crippen LogP contribution in [0.1, 0.15) is 47.3 Å². The Balaban J connectivity index is 1.26. The predicted octanol–water partition coefficient (Wildman–Crippen LogP) is 5.13. The normalized spacial score (nSPS) is 16.5. The number of aryl methyl sites for hydroxylation is 1. The Morgan fingerprint density at radius 2 is 1.78 bits per heavy atom. The van der Waals surface area contributed by atoms with E-state index in [9.17, 15) is 4.79 Å². The molecule has 6 rings (SSSR count). The molecule has 4 heterocycles. The molecule has 2 aliphatic rings. The molecule has 2 aromatic carbocycles. The maximum Gasteiger partial charge on any atom is 0.253 e. The fraction of sp³-hybridized carbons (Fsp3) is 0.394. The van der Waals surface area contributed by atoms with Gasteiger partial charge in [0, 0.05) is 74.1 Å². The van der Waals surface area contributed by atoms with Gasteiger partial charge in [-0.25, -0.2) is 15.0 Å². The number of anilines is 1. The van der Waals surface area contributed by atoms with Crippen molar-refractivity contribution in [2.45, 2.75) is 46.2 Å². The molecule has 1 saturated heterocycles. The molecule has 0 bridgehead atoms. The smallest absolute Gasteiger partial charge is 0.253 e. The van der Waals surface area contributed by atoms with Gasteiger partial charge < -0.3 is 14.5 Å². The van der Waals surface area contributed by atoms with Crippen molar-refractivity contribution in [1.29, 1.82) is 0 Å². The first kappa shape index (κ1) is 27.1. The second-order valence-corrected chi connectivity index (χ2v) is 11.2. The van der Waals surface area contributed by atoms with Crippen LogP contribution >= 0.6 is 0 Å². The summed E-state index contributed by atoms with van der Waals surface area (Å²) >= 11 is 0. The van der Waals surface area contributed by atoms with Crippen LogP contribution in [0.2, 0.25) is 0 Å². The summed E-state index contributed by atoms with van der Waals surface area (Å²) in [5.74, 6) is 1.65. The quantitative estimate of drug-likeness (QED) is 0.330. The van der Waals surface area contributed by atoms with Gasteiger partial charge in [0.15, 0.2) is 0 Å². The van der Waals surface area contributed by atoms with Crippen LogP contribution in [0.3, 0.4) is 0 Å². The van der Waals surface area contributed by atoms with Crippen molar-refractivity contribution < 1.29 is 9.53 Å². The Morgan fingerprint density at radius 3 is 2.51 bits per heavy atom. The summed E-state index contributed by atoms with van der Waals surface area (Å²) in [6, 6.07) is 15.0. The number of methoxy groups -OCH3 is 1. The largest absolute Gasteiger partial charge is 0.481 e. The summed E-state index contributed by atoms with van der Waals surface area (Å²) < 4.78 is 5.24. The number of nitrogens with zero attached hydrogens (tertiary/aromatic N) is 6. The zero-order valence-corrected chi connectivity index (χ0v) is 24.4. The van der Waals surface area contributed by atoms with Crippen LogP contribution in [0, 0.1) is 6.92 Å². The van der Waals surface area contributed by atoms with Gasteiger partial charge in [-0.05, 0) is 79.3 Å². The second-order valence-electron chi connectivity index (χ2n) is 11.2. The van der Waals surface area contributed by atoms with Gasteiger partial charge in [-0.15, -0.1) is 0 Å². The zero-order valence-electron chi connectivity index (χ0n) is 24.4. The molecule has 1 unspecified atom stereocenters. The maximum absolute atomic E-state index is 13.5. The van der Waals surface area contributed by atoms with Gasteiger partial charge >= 0.3 is 0 Å². The third-order valence-electron chi connectivity index (χ3n) is 8.77. The third-order valence-corrected chi connectivity index (χ3v) is 8.77. The standard InChI is InChI=1S/C33H38N6O2/c1-5-23(3)37-12-14-38(15-13-37)33(40)25-7-6-24-10-11-39(20-28(24)17-25)32-29-18-27(16-22(2)31(29)35-21-36-32)26-8-9-30(41-4)34-19-26/h6-9,16-19,21,23H,5,10-15,20H2,1-4H3. The van der Waals surface area contributed by atoms with Crippen molar-refractivity contribution in [1.82, 2.24) is 24.8 Å². The van der Waals surface area contributed by atoms with Crippen LogP contribution in [0.25, 0.3) is 22.0 Å². The highest BCUT2D eigenvalue weighted by atomic mass is 16.5. The van der Waals surface area contributed by atoms with E-state index in [2.05, 4.69) is 64.8 Å². The lowest BCUT2D eigenvalue weighted by atomic mass is 9.96. The van der Waals surface area contributed by atoms with Gasteiger partial charge in [-0.1, -0.05) is 13.0 Å². The van der Waals surface area contributed by atoms with E-state index < -0.39 is 0 Å². The number of amides is 1. The summed E-state index contributed by atoms with van der Waals surface area (Å²) in [6.07, 6.45) is 5.54. The van der Waals surface area contributed by atoms with Crippen LogP contribution in [-0.4, -0.2) is 76.5 Å². The summed E-state index contributed by atoms with van der Waals surface area (Å²) in [5, 5.41) is 1.02. The molecule has 0 aliphatic carbocycles. The zero-order chi connectivity index (χ0) is 28.5. The van der Waals surface area contributed by atoms with Crippen LogP contribution in [0.5, 0.6) is 5.88 Å². The molecule has 8 heteroatoms. The Labute approximate surface area is 242 Å². The Kier molecular flexibility index (Phi) is 7.58. The van der Waals surface area contributed by atoms with Gasteiger partial charge in [0.1, 0.15) is 12.1 Å². The number of piperazine rings is 1. The van der Waals surface area contributed by atoms with Crippen molar-refractivity contribution >= 4 is 22.6 Å². The van der Waals surface area contributed by atoms with Crippen molar-refractivity contribution in [3.05, 3.63) is 77.2 Å². The molecule has 0 saturated carbocycles. The molecular formula is C33H38N6O2. The van der Waals surface area contributed by atoms with E-state index in [0.29, 0.717) is 18.5 Å². The van der Waals surface area contributed by atoms with Crippen LogP contribution in [0.4, 0.5) is 5.82 Å². The van der Waals surface area contributed by atoms with Crippen LogP contribution < -0.4 is 9.64 Å². The van der Waals surface area contributed by atoms with Gasteiger partial charge in [0.05, 0.1) is 12.6 Å². The number of pyridine rings is 1. The number of ether oxygens (including phenoxy) is 1. The first-order chi connectivity index (χ1) is 19.9. The lowest BCUT2D eigenvalue weighted by Crippen LogP contribution is -2.51. The first-order valence-corrected chi connectivity index (χ1v) is 14.6. The van der Waals surface area contributed by atoms with E-state index in [1.54, 1.807) is 13.4 Å². The van der Waals surface area contributed by atoms with E-state index in [1.807, 2.05) is 29.3 Å². The second kappa shape index (κ2) is 11.4. The molecule has 0 spiro atoms. The minimum atomic E-state index is 0.134. The van der Waals surface area contributed by atoms with E-state index in [0.717, 1.165) is 84.5 Å². The van der Waals surface area contributed by atoms with Gasteiger partial charge in [0.25, 0.3) is 5.91 Å². The van der Waals surface area contributed by atoms with Crippen molar-refractivity contribution in [3.63, 3.8) is 0 Å². The lowest BCUT2D eigenvalue weighted by Gasteiger charge is -2.38. The average molecular weight is 551 g/mol. The van der Waals surface area contributed by atoms with E-state index in [-0.39, 0.29) is 5.91 Å². The molecule has 41 heavy (non-hydrogen) atoms. The topological polar surface area (TPSA) is 74.7 Å². The molecule has 0 radical (unpaired) electrons. The summed E-state index contributed by atoms with van der Waals surface area (Å²) in [7, 11) is 1.62.